The van der Waals surface area contributed by atoms with Gasteiger partial charge in [-0.15, -0.1) is 0 Å². The lowest BCUT2D eigenvalue weighted by atomic mass is 10.3. The molecule has 0 saturated carbocycles. The lowest BCUT2D eigenvalue weighted by Crippen LogP contribution is -2.38. The molecular weight excluding hydrogens is 443 g/mol. The van der Waals surface area contributed by atoms with E-state index >= 15 is 0 Å². The van der Waals surface area contributed by atoms with Crippen LogP contribution in [0.4, 0.5) is 15.8 Å². The van der Waals surface area contributed by atoms with Crippen molar-refractivity contribution in [2.24, 2.45) is 0 Å². The first-order chi connectivity index (χ1) is 14.8. The number of nitrogens with zero attached hydrogens (tertiary/aromatic N) is 1. The maximum absolute atomic E-state index is 13.4. The molecule has 6 nitrogen and oxygen atoms in total. The largest absolute Gasteiger partial charge is 0.494 e. The second-order valence-corrected chi connectivity index (χ2v) is 8.75. The summed E-state index contributed by atoms with van der Waals surface area (Å²) in [5, 5.41) is 3.05. The standard InChI is InChI=1S/C22H20ClFN2O4S/c1-2-30-20-10-12-21(13-11-20)31(28,29)26(19-8-6-17(24)7-9-19)15-22(27)25-18-5-3-4-16(23)14-18/h3-14H,2,15H2,1H3,(H,25,27). The quantitative estimate of drug-likeness (QED) is 0.526. The molecule has 0 saturated heterocycles. The molecule has 31 heavy (non-hydrogen) atoms. The Morgan fingerprint density at radius 1 is 1.06 bits per heavy atom. The highest BCUT2D eigenvalue weighted by Gasteiger charge is 2.27. The van der Waals surface area contributed by atoms with Crippen molar-refractivity contribution in [3.8, 4) is 5.75 Å². The number of carbonyl (C=O) groups is 1. The van der Waals surface area contributed by atoms with Gasteiger partial charge in [-0.2, -0.15) is 0 Å². The first-order valence-electron chi connectivity index (χ1n) is 9.36. The fourth-order valence-electron chi connectivity index (χ4n) is 2.82. The van der Waals surface area contributed by atoms with Crippen molar-refractivity contribution in [1.29, 1.82) is 0 Å². The normalized spacial score (nSPS) is 11.1. The molecule has 1 N–H and O–H groups in total. The summed E-state index contributed by atoms with van der Waals surface area (Å²) in [7, 11) is -4.13. The van der Waals surface area contributed by atoms with Gasteiger partial charge in [0.1, 0.15) is 18.1 Å². The first kappa shape index (κ1) is 22.6. The number of rotatable bonds is 8. The monoisotopic (exact) mass is 462 g/mol. The van der Waals surface area contributed by atoms with Crippen molar-refractivity contribution < 1.29 is 22.3 Å². The van der Waals surface area contributed by atoms with Gasteiger partial charge in [-0.3, -0.25) is 9.10 Å². The van der Waals surface area contributed by atoms with Gasteiger partial charge in [-0.25, -0.2) is 12.8 Å². The van der Waals surface area contributed by atoms with Crippen LogP contribution in [0, 0.1) is 5.82 Å². The Morgan fingerprint density at radius 2 is 1.74 bits per heavy atom. The Morgan fingerprint density at radius 3 is 2.35 bits per heavy atom. The molecule has 1 amide bonds. The molecule has 9 heteroatoms. The van der Waals surface area contributed by atoms with Crippen LogP contribution in [0.1, 0.15) is 6.92 Å². The number of anilines is 2. The van der Waals surface area contributed by atoms with E-state index in [0.717, 1.165) is 16.4 Å². The van der Waals surface area contributed by atoms with E-state index < -0.39 is 28.3 Å². The van der Waals surface area contributed by atoms with Gasteiger partial charge in [0.2, 0.25) is 5.91 Å². The van der Waals surface area contributed by atoms with Gasteiger partial charge in [0.05, 0.1) is 17.2 Å². The molecule has 0 heterocycles. The van der Waals surface area contributed by atoms with E-state index in [1.165, 1.54) is 36.4 Å². The molecule has 0 unspecified atom stereocenters. The van der Waals surface area contributed by atoms with Gasteiger partial charge in [-0.1, -0.05) is 17.7 Å². The summed E-state index contributed by atoms with van der Waals surface area (Å²) in [6, 6.07) is 17.2. The lowest BCUT2D eigenvalue weighted by Gasteiger charge is -2.24. The van der Waals surface area contributed by atoms with Gasteiger partial charge in [0, 0.05) is 10.7 Å². The third-order valence-electron chi connectivity index (χ3n) is 4.23. The molecule has 0 fully saturated rings. The molecule has 0 aliphatic rings. The highest BCUT2D eigenvalue weighted by molar-refractivity contribution is 7.92. The third-order valence-corrected chi connectivity index (χ3v) is 6.26. The minimum atomic E-state index is -4.13. The van der Waals surface area contributed by atoms with Crippen LogP contribution >= 0.6 is 11.6 Å². The molecule has 3 aromatic carbocycles. The van der Waals surface area contributed by atoms with Crippen molar-refractivity contribution in [2.75, 3.05) is 22.8 Å². The summed E-state index contributed by atoms with van der Waals surface area (Å²) >= 11 is 5.93. The van der Waals surface area contributed by atoms with Crippen LogP contribution in [0.2, 0.25) is 5.02 Å². The molecule has 0 radical (unpaired) electrons. The molecule has 0 spiro atoms. The number of amides is 1. The Bertz CT molecular complexity index is 1150. The van der Waals surface area contributed by atoms with E-state index in [1.54, 1.807) is 24.3 Å². The summed E-state index contributed by atoms with van der Waals surface area (Å²) in [5.74, 6) is -0.583. The number of benzene rings is 3. The van der Waals surface area contributed by atoms with Crippen molar-refractivity contribution in [2.45, 2.75) is 11.8 Å². The van der Waals surface area contributed by atoms with Gasteiger partial charge in [0.15, 0.2) is 0 Å². The summed E-state index contributed by atoms with van der Waals surface area (Å²) in [6.07, 6.45) is 0. The number of nitrogens with one attached hydrogen (secondary N) is 1. The van der Waals surface area contributed by atoms with Crippen LogP contribution < -0.4 is 14.4 Å². The Hall–Kier alpha value is -3.10. The molecule has 3 aromatic rings. The maximum Gasteiger partial charge on any atom is 0.264 e. The van der Waals surface area contributed by atoms with Gasteiger partial charge in [-0.05, 0) is 73.7 Å². The van der Waals surface area contributed by atoms with E-state index in [-0.39, 0.29) is 10.6 Å². The summed E-state index contributed by atoms with van der Waals surface area (Å²) < 4.78 is 46.3. The second kappa shape index (κ2) is 9.80. The minimum Gasteiger partial charge on any atom is -0.494 e. The van der Waals surface area contributed by atoms with E-state index in [0.29, 0.717) is 23.1 Å². The summed E-state index contributed by atoms with van der Waals surface area (Å²) in [6.45, 7) is 1.74. The van der Waals surface area contributed by atoms with Crippen molar-refractivity contribution in [1.82, 2.24) is 0 Å². The van der Waals surface area contributed by atoms with Crippen molar-refractivity contribution >= 4 is 38.9 Å². The van der Waals surface area contributed by atoms with Crippen LogP contribution in [0.5, 0.6) is 5.75 Å². The molecule has 162 valence electrons. The number of ether oxygens (including phenoxy) is 1. The zero-order valence-corrected chi connectivity index (χ0v) is 18.2. The highest BCUT2D eigenvalue weighted by atomic mass is 35.5. The molecular formula is C22H20ClFN2O4S. The number of hydrogen-bond donors (Lipinski definition) is 1. The molecule has 0 aromatic heterocycles. The number of sulfonamides is 1. The number of carbonyl (C=O) groups excluding carboxylic acids is 1. The van der Waals surface area contributed by atoms with Gasteiger partial charge in [0.25, 0.3) is 10.0 Å². The number of hydrogen-bond acceptors (Lipinski definition) is 4. The zero-order chi connectivity index (χ0) is 22.4. The van der Waals surface area contributed by atoms with E-state index in [9.17, 15) is 17.6 Å². The average Bonchev–Trinajstić information content (AvgIpc) is 2.73. The van der Waals surface area contributed by atoms with Crippen LogP contribution in [0.3, 0.4) is 0 Å². The Kier molecular flexibility index (Phi) is 7.14. The molecule has 0 aliphatic carbocycles. The second-order valence-electron chi connectivity index (χ2n) is 6.45. The SMILES string of the molecule is CCOc1ccc(S(=O)(=O)N(CC(=O)Nc2cccc(Cl)c2)c2ccc(F)cc2)cc1. The van der Waals surface area contributed by atoms with Crippen LogP contribution in [0.15, 0.2) is 77.7 Å². The highest BCUT2D eigenvalue weighted by Crippen LogP contribution is 2.26. The topological polar surface area (TPSA) is 75.7 Å². The number of halogens is 2. The van der Waals surface area contributed by atoms with Gasteiger partial charge >= 0.3 is 0 Å². The van der Waals surface area contributed by atoms with E-state index in [2.05, 4.69) is 5.32 Å². The Labute approximate surface area is 185 Å². The summed E-state index contributed by atoms with van der Waals surface area (Å²) in [5.41, 5.74) is 0.576. The van der Waals surface area contributed by atoms with Crippen molar-refractivity contribution in [3.63, 3.8) is 0 Å². The van der Waals surface area contributed by atoms with Crippen LogP contribution in [-0.4, -0.2) is 27.5 Å². The Balaban J connectivity index is 1.92. The van der Waals surface area contributed by atoms with Crippen molar-refractivity contribution in [3.05, 3.63) is 83.6 Å². The predicted octanol–water partition coefficient (Wildman–Crippen LogP) is 4.71. The fourth-order valence-corrected chi connectivity index (χ4v) is 4.43. The van der Waals surface area contributed by atoms with E-state index in [4.69, 9.17) is 16.3 Å². The molecule has 0 aliphatic heterocycles. The average molecular weight is 463 g/mol. The minimum absolute atomic E-state index is 0.0316. The maximum atomic E-state index is 13.4. The third kappa shape index (κ3) is 5.74. The van der Waals surface area contributed by atoms with Crippen LogP contribution in [0.25, 0.3) is 0 Å². The smallest absolute Gasteiger partial charge is 0.264 e. The van der Waals surface area contributed by atoms with Gasteiger partial charge < -0.3 is 10.1 Å². The van der Waals surface area contributed by atoms with Crippen LogP contribution in [-0.2, 0) is 14.8 Å². The fraction of sp³-hybridized carbons (Fsp3) is 0.136. The lowest BCUT2D eigenvalue weighted by molar-refractivity contribution is -0.114. The summed E-state index contributed by atoms with van der Waals surface area (Å²) in [4.78, 5) is 12.6. The molecule has 0 bridgehead atoms. The zero-order valence-electron chi connectivity index (χ0n) is 16.6. The predicted molar refractivity (Wildman–Crippen MR) is 119 cm³/mol. The molecule has 3 rings (SSSR count). The first-order valence-corrected chi connectivity index (χ1v) is 11.2. The molecule has 0 atom stereocenters. The van der Waals surface area contributed by atoms with E-state index in [1.807, 2.05) is 6.92 Å².